The van der Waals surface area contributed by atoms with Crippen LogP contribution in [0.1, 0.15) is 40.6 Å². The molecule has 2 N–H and O–H groups in total. The van der Waals surface area contributed by atoms with Gasteiger partial charge in [-0.3, -0.25) is 14.6 Å². The largest absolute Gasteiger partial charge is 0.486 e. The molecule has 0 fully saturated rings. The first-order valence-corrected chi connectivity index (χ1v) is 8.62. The highest BCUT2D eigenvalue weighted by Crippen LogP contribution is 2.32. The van der Waals surface area contributed by atoms with Crippen LogP contribution in [0, 0.1) is 0 Å². The Bertz CT molecular complexity index is 807. The molecule has 0 bridgehead atoms. The number of nitrogens with one attached hydrogen (secondary N) is 2. The number of aromatic nitrogens is 1. The van der Waals surface area contributed by atoms with E-state index in [0.717, 1.165) is 12.8 Å². The second-order valence-corrected chi connectivity index (χ2v) is 5.85. The van der Waals surface area contributed by atoms with Gasteiger partial charge in [-0.2, -0.15) is 0 Å². The average Bonchev–Trinajstić information content (AvgIpc) is 2.68. The number of anilines is 1. The van der Waals surface area contributed by atoms with Crippen molar-refractivity contribution in [1.29, 1.82) is 0 Å². The molecule has 1 aliphatic heterocycles. The number of amides is 2. The molecule has 136 valence electrons. The number of rotatable bonds is 6. The number of nitrogens with zero attached hydrogens (tertiary/aromatic N) is 1. The third-order valence-corrected chi connectivity index (χ3v) is 3.87. The van der Waals surface area contributed by atoms with E-state index in [4.69, 9.17) is 9.47 Å². The van der Waals surface area contributed by atoms with Gasteiger partial charge in [0.05, 0.1) is 0 Å². The summed E-state index contributed by atoms with van der Waals surface area (Å²) < 4.78 is 11.0. The zero-order chi connectivity index (χ0) is 18.4. The number of hydrogen-bond acceptors (Lipinski definition) is 5. The van der Waals surface area contributed by atoms with Gasteiger partial charge in [0.2, 0.25) is 0 Å². The Morgan fingerprint density at radius 1 is 1.08 bits per heavy atom. The number of carbonyl (C=O) groups is 2. The minimum atomic E-state index is -0.327. The molecule has 1 aromatic carbocycles. The summed E-state index contributed by atoms with van der Waals surface area (Å²) in [7, 11) is 0. The van der Waals surface area contributed by atoms with Crippen LogP contribution in [0.5, 0.6) is 11.5 Å². The van der Waals surface area contributed by atoms with E-state index in [0.29, 0.717) is 42.5 Å². The Hall–Kier alpha value is -3.09. The van der Waals surface area contributed by atoms with Gasteiger partial charge >= 0.3 is 0 Å². The van der Waals surface area contributed by atoms with Crippen LogP contribution in [-0.2, 0) is 0 Å². The van der Waals surface area contributed by atoms with Gasteiger partial charge in [-0.05, 0) is 30.7 Å². The van der Waals surface area contributed by atoms with E-state index in [9.17, 15) is 9.59 Å². The molecule has 3 rings (SSSR count). The molecule has 0 saturated carbocycles. The van der Waals surface area contributed by atoms with E-state index in [-0.39, 0.29) is 17.5 Å². The van der Waals surface area contributed by atoms with Crippen LogP contribution in [-0.4, -0.2) is 36.6 Å². The van der Waals surface area contributed by atoms with Crippen LogP contribution in [0.25, 0.3) is 0 Å². The molecule has 0 saturated heterocycles. The summed E-state index contributed by atoms with van der Waals surface area (Å²) >= 11 is 0. The summed E-state index contributed by atoms with van der Waals surface area (Å²) in [4.78, 5) is 28.6. The molecule has 7 nitrogen and oxygen atoms in total. The van der Waals surface area contributed by atoms with Crippen LogP contribution in [0.4, 0.5) is 5.69 Å². The van der Waals surface area contributed by atoms with Crippen molar-refractivity contribution in [2.75, 3.05) is 25.1 Å². The first-order chi connectivity index (χ1) is 12.7. The Labute approximate surface area is 151 Å². The fraction of sp³-hybridized carbons (Fsp3) is 0.316. The first kappa shape index (κ1) is 17.7. The highest BCUT2D eigenvalue weighted by atomic mass is 16.6. The van der Waals surface area contributed by atoms with Gasteiger partial charge < -0.3 is 20.1 Å². The van der Waals surface area contributed by atoms with Gasteiger partial charge in [-0.15, -0.1) is 0 Å². The topological polar surface area (TPSA) is 89.6 Å². The summed E-state index contributed by atoms with van der Waals surface area (Å²) in [6.45, 7) is 3.63. The molecule has 0 radical (unpaired) electrons. The van der Waals surface area contributed by atoms with E-state index in [2.05, 4.69) is 15.6 Å². The Balaban J connectivity index is 1.68. The van der Waals surface area contributed by atoms with Crippen LogP contribution in [0.15, 0.2) is 36.5 Å². The number of pyridine rings is 1. The summed E-state index contributed by atoms with van der Waals surface area (Å²) in [5.74, 6) is 0.642. The van der Waals surface area contributed by atoms with Crippen LogP contribution in [0.3, 0.4) is 0 Å². The smallest absolute Gasteiger partial charge is 0.269 e. The fourth-order valence-electron chi connectivity index (χ4n) is 2.49. The maximum atomic E-state index is 12.5. The number of fused-ring (bicyclic) bond motifs is 1. The van der Waals surface area contributed by atoms with Crippen LogP contribution < -0.4 is 20.1 Å². The van der Waals surface area contributed by atoms with E-state index in [1.165, 1.54) is 12.3 Å². The minimum Gasteiger partial charge on any atom is -0.486 e. The Morgan fingerprint density at radius 2 is 1.88 bits per heavy atom. The quantitative estimate of drug-likeness (QED) is 0.778. The summed E-state index contributed by atoms with van der Waals surface area (Å²) in [5, 5.41) is 5.58. The van der Waals surface area contributed by atoms with E-state index >= 15 is 0 Å². The van der Waals surface area contributed by atoms with Gasteiger partial charge in [-0.1, -0.05) is 13.3 Å². The third kappa shape index (κ3) is 4.30. The predicted molar refractivity (Wildman–Crippen MR) is 96.9 cm³/mol. The van der Waals surface area contributed by atoms with Gasteiger partial charge in [0.15, 0.2) is 11.5 Å². The summed E-state index contributed by atoms with van der Waals surface area (Å²) in [5.41, 5.74) is 1.16. The molecular formula is C19H21N3O4. The molecule has 1 aliphatic rings. The molecule has 7 heteroatoms. The Kier molecular flexibility index (Phi) is 5.68. The highest BCUT2D eigenvalue weighted by Gasteiger charge is 2.15. The molecular weight excluding hydrogens is 334 g/mol. The summed E-state index contributed by atoms with van der Waals surface area (Å²) in [6.07, 6.45) is 3.34. The van der Waals surface area contributed by atoms with Crippen molar-refractivity contribution in [3.8, 4) is 11.5 Å². The number of ether oxygens (including phenoxy) is 2. The van der Waals surface area contributed by atoms with Gasteiger partial charge in [0, 0.05) is 30.1 Å². The maximum absolute atomic E-state index is 12.5. The molecule has 0 unspecified atom stereocenters. The number of hydrogen-bond donors (Lipinski definition) is 2. The molecule has 2 heterocycles. The van der Waals surface area contributed by atoms with Crippen LogP contribution in [0.2, 0.25) is 0 Å². The molecule has 2 amide bonds. The molecule has 0 aliphatic carbocycles. The van der Waals surface area contributed by atoms with Crippen molar-refractivity contribution in [2.24, 2.45) is 0 Å². The van der Waals surface area contributed by atoms with Crippen molar-refractivity contribution in [1.82, 2.24) is 10.3 Å². The molecule has 1 aromatic heterocycles. The minimum absolute atomic E-state index is 0.218. The lowest BCUT2D eigenvalue weighted by Crippen LogP contribution is -2.25. The van der Waals surface area contributed by atoms with E-state index < -0.39 is 0 Å². The van der Waals surface area contributed by atoms with Gasteiger partial charge in [0.1, 0.15) is 18.9 Å². The monoisotopic (exact) mass is 355 g/mol. The van der Waals surface area contributed by atoms with Crippen molar-refractivity contribution < 1.29 is 19.1 Å². The second kappa shape index (κ2) is 8.33. The lowest BCUT2D eigenvalue weighted by molar-refractivity contribution is 0.0948. The summed E-state index contributed by atoms with van der Waals surface area (Å²) in [6, 6.07) is 8.25. The zero-order valence-electron chi connectivity index (χ0n) is 14.6. The third-order valence-electron chi connectivity index (χ3n) is 3.87. The van der Waals surface area contributed by atoms with Gasteiger partial charge in [-0.25, -0.2) is 0 Å². The molecule has 26 heavy (non-hydrogen) atoms. The highest BCUT2D eigenvalue weighted by molar-refractivity contribution is 6.05. The lowest BCUT2D eigenvalue weighted by Gasteiger charge is -2.19. The van der Waals surface area contributed by atoms with Crippen molar-refractivity contribution in [3.63, 3.8) is 0 Å². The average molecular weight is 355 g/mol. The van der Waals surface area contributed by atoms with E-state index in [1.807, 2.05) is 6.92 Å². The van der Waals surface area contributed by atoms with E-state index in [1.54, 1.807) is 24.3 Å². The fourth-order valence-corrected chi connectivity index (χ4v) is 2.49. The standard InChI is InChI=1S/C19H21N3O4/c1-2-3-7-21-19(24)15-11-13(6-8-20-15)18(23)22-14-4-5-16-17(12-14)26-10-9-25-16/h4-6,8,11-12H,2-3,7,9-10H2,1H3,(H,21,24)(H,22,23). The number of carbonyl (C=O) groups excluding carboxylic acids is 2. The SMILES string of the molecule is CCCCNC(=O)c1cc(C(=O)Nc2ccc3c(c2)OCCO3)ccn1. The van der Waals surface area contributed by atoms with Gasteiger partial charge in [0.25, 0.3) is 11.8 Å². The van der Waals surface area contributed by atoms with Crippen molar-refractivity contribution in [2.45, 2.75) is 19.8 Å². The Morgan fingerprint density at radius 3 is 2.69 bits per heavy atom. The molecule has 2 aromatic rings. The van der Waals surface area contributed by atoms with Crippen LogP contribution >= 0.6 is 0 Å². The lowest BCUT2D eigenvalue weighted by atomic mass is 10.2. The number of benzene rings is 1. The normalized spacial score (nSPS) is 12.3. The van der Waals surface area contributed by atoms with Crippen molar-refractivity contribution in [3.05, 3.63) is 47.8 Å². The molecule has 0 spiro atoms. The molecule has 0 atom stereocenters. The predicted octanol–water partition coefficient (Wildman–Crippen LogP) is 2.64. The second-order valence-electron chi connectivity index (χ2n) is 5.85. The number of unbranched alkanes of at least 4 members (excludes halogenated alkanes) is 1. The first-order valence-electron chi connectivity index (χ1n) is 8.62. The van der Waals surface area contributed by atoms with Crippen molar-refractivity contribution >= 4 is 17.5 Å². The maximum Gasteiger partial charge on any atom is 0.269 e. The zero-order valence-corrected chi connectivity index (χ0v) is 14.6.